The summed E-state index contributed by atoms with van der Waals surface area (Å²) in [4.78, 5) is 14.7. The van der Waals surface area contributed by atoms with Crippen LogP contribution in [-0.4, -0.2) is 16.1 Å². The summed E-state index contributed by atoms with van der Waals surface area (Å²) in [6.45, 7) is 1.43. The van der Waals surface area contributed by atoms with Crippen LogP contribution in [0.3, 0.4) is 0 Å². The molecule has 0 aliphatic rings. The maximum absolute atomic E-state index is 13.7. The molecule has 0 bridgehead atoms. The van der Waals surface area contributed by atoms with Crippen molar-refractivity contribution in [2.75, 3.05) is 11.1 Å². The molecule has 0 atom stereocenters. The van der Waals surface area contributed by atoms with Crippen LogP contribution in [0.4, 0.5) is 26.0 Å². The molecule has 1 heterocycles. The number of carboxylic acid groups (broad SMARTS) is 1. The molecule has 2 aromatic rings. The van der Waals surface area contributed by atoms with Crippen LogP contribution in [0, 0.1) is 18.6 Å². The lowest BCUT2D eigenvalue weighted by molar-refractivity contribution is 0.0698. The molecule has 0 saturated heterocycles. The zero-order valence-corrected chi connectivity index (χ0v) is 10.4. The normalized spacial score (nSPS) is 10.3. The second-order valence-electron chi connectivity index (χ2n) is 4.13. The van der Waals surface area contributed by atoms with Crippen molar-refractivity contribution < 1.29 is 18.7 Å². The van der Waals surface area contributed by atoms with Crippen LogP contribution in [0.1, 0.15) is 15.9 Å². The minimum atomic E-state index is -1.23. The Kier molecular flexibility index (Phi) is 3.51. The Hall–Kier alpha value is -2.70. The maximum Gasteiger partial charge on any atom is 0.337 e. The number of hydrogen-bond acceptors (Lipinski definition) is 4. The average Bonchev–Trinajstić information content (AvgIpc) is 2.37. The number of aromatic carboxylic acids is 1. The molecule has 0 spiro atoms. The number of nitrogens with zero attached hydrogens (tertiary/aromatic N) is 1. The first-order valence-electron chi connectivity index (χ1n) is 5.60. The molecule has 5 nitrogen and oxygen atoms in total. The summed E-state index contributed by atoms with van der Waals surface area (Å²) in [6, 6.07) is 3.20. The first-order valence-corrected chi connectivity index (χ1v) is 5.60. The first-order chi connectivity index (χ1) is 9.40. The molecule has 4 N–H and O–H groups in total. The third kappa shape index (κ3) is 2.51. The van der Waals surface area contributed by atoms with Gasteiger partial charge in [0.1, 0.15) is 11.6 Å². The van der Waals surface area contributed by atoms with E-state index in [4.69, 9.17) is 10.8 Å². The lowest BCUT2D eigenvalue weighted by atomic mass is 10.2. The molecule has 0 unspecified atom stereocenters. The molecule has 0 saturated carbocycles. The number of pyridine rings is 1. The van der Waals surface area contributed by atoms with E-state index in [0.29, 0.717) is 0 Å². The van der Waals surface area contributed by atoms with Gasteiger partial charge in [-0.25, -0.2) is 18.6 Å². The average molecular weight is 279 g/mol. The van der Waals surface area contributed by atoms with Gasteiger partial charge in [-0.3, -0.25) is 0 Å². The number of rotatable bonds is 3. The molecule has 1 aromatic carbocycles. The van der Waals surface area contributed by atoms with Crippen molar-refractivity contribution in [1.82, 2.24) is 4.98 Å². The van der Waals surface area contributed by atoms with Crippen molar-refractivity contribution in [1.29, 1.82) is 0 Å². The molecule has 0 radical (unpaired) electrons. The highest BCUT2D eigenvalue weighted by molar-refractivity contribution is 5.96. The Bertz CT molecular complexity index is 690. The molecule has 20 heavy (non-hydrogen) atoms. The van der Waals surface area contributed by atoms with Gasteiger partial charge in [0.05, 0.1) is 16.9 Å². The number of aromatic nitrogens is 1. The Balaban J connectivity index is 2.43. The molecular formula is C13H11F2N3O2. The quantitative estimate of drug-likeness (QED) is 0.804. The van der Waals surface area contributed by atoms with Crippen LogP contribution in [0.15, 0.2) is 24.4 Å². The smallest absolute Gasteiger partial charge is 0.337 e. The summed E-state index contributed by atoms with van der Waals surface area (Å²) < 4.78 is 27.1. The summed E-state index contributed by atoms with van der Waals surface area (Å²) in [5.74, 6) is -2.57. The lowest BCUT2D eigenvalue weighted by Crippen LogP contribution is -2.07. The number of benzene rings is 1. The molecule has 7 heteroatoms. The van der Waals surface area contributed by atoms with Crippen molar-refractivity contribution >= 4 is 23.2 Å². The van der Waals surface area contributed by atoms with E-state index in [1.165, 1.54) is 19.2 Å². The van der Waals surface area contributed by atoms with E-state index < -0.39 is 17.6 Å². The van der Waals surface area contributed by atoms with Crippen LogP contribution in [-0.2, 0) is 0 Å². The predicted octanol–water partition coefficient (Wildman–Crippen LogP) is 2.69. The van der Waals surface area contributed by atoms with E-state index in [2.05, 4.69) is 10.3 Å². The van der Waals surface area contributed by atoms with E-state index in [-0.39, 0.29) is 28.3 Å². The number of halogens is 2. The van der Waals surface area contributed by atoms with Gasteiger partial charge in [-0.1, -0.05) is 0 Å². The van der Waals surface area contributed by atoms with Crippen LogP contribution >= 0.6 is 0 Å². The Morgan fingerprint density at radius 1 is 1.35 bits per heavy atom. The van der Waals surface area contributed by atoms with Gasteiger partial charge in [0.2, 0.25) is 0 Å². The standard InChI is InChI=1S/C13H11F2N3O2/c1-6-4-9(15)10(5-8(6)14)18-12-11(16)7(13(19)20)2-3-17-12/h2-5H,16H2,1H3,(H,17,18)(H,19,20). The van der Waals surface area contributed by atoms with Gasteiger partial charge in [0.25, 0.3) is 0 Å². The maximum atomic E-state index is 13.7. The largest absolute Gasteiger partial charge is 0.478 e. The molecule has 2 rings (SSSR count). The number of hydrogen-bond donors (Lipinski definition) is 3. The van der Waals surface area contributed by atoms with Crippen LogP contribution in [0.2, 0.25) is 0 Å². The minimum absolute atomic E-state index is 0.0490. The molecule has 0 fully saturated rings. The Morgan fingerprint density at radius 3 is 2.70 bits per heavy atom. The fraction of sp³-hybridized carbons (Fsp3) is 0.0769. The van der Waals surface area contributed by atoms with Gasteiger partial charge in [-0.2, -0.15) is 0 Å². The Morgan fingerprint density at radius 2 is 2.05 bits per heavy atom. The molecule has 0 amide bonds. The number of aryl methyl sites for hydroxylation is 1. The number of carboxylic acids is 1. The second-order valence-corrected chi connectivity index (χ2v) is 4.13. The summed E-state index contributed by atoms with van der Waals surface area (Å²) in [5.41, 5.74) is 5.29. The summed E-state index contributed by atoms with van der Waals surface area (Å²) in [7, 11) is 0. The fourth-order valence-corrected chi connectivity index (χ4v) is 1.63. The number of nitrogens with two attached hydrogens (primary N) is 1. The molecular weight excluding hydrogens is 268 g/mol. The highest BCUT2D eigenvalue weighted by Crippen LogP contribution is 2.26. The van der Waals surface area contributed by atoms with E-state index in [9.17, 15) is 13.6 Å². The lowest BCUT2D eigenvalue weighted by Gasteiger charge is -2.11. The summed E-state index contributed by atoms with van der Waals surface area (Å²) in [6.07, 6.45) is 1.21. The van der Waals surface area contributed by atoms with Gasteiger partial charge in [-0.15, -0.1) is 0 Å². The number of anilines is 3. The van der Waals surface area contributed by atoms with E-state index >= 15 is 0 Å². The van der Waals surface area contributed by atoms with Crippen molar-refractivity contribution in [3.63, 3.8) is 0 Å². The van der Waals surface area contributed by atoms with Crippen molar-refractivity contribution in [3.05, 3.63) is 47.2 Å². The predicted molar refractivity (Wildman–Crippen MR) is 70.0 cm³/mol. The molecule has 1 aromatic heterocycles. The highest BCUT2D eigenvalue weighted by Gasteiger charge is 2.14. The van der Waals surface area contributed by atoms with Crippen molar-refractivity contribution in [2.45, 2.75) is 6.92 Å². The summed E-state index contributed by atoms with van der Waals surface area (Å²) >= 11 is 0. The van der Waals surface area contributed by atoms with Gasteiger partial charge in [0.15, 0.2) is 5.82 Å². The van der Waals surface area contributed by atoms with E-state index in [1.807, 2.05) is 0 Å². The first kappa shape index (κ1) is 13.7. The van der Waals surface area contributed by atoms with E-state index in [1.54, 1.807) is 0 Å². The van der Waals surface area contributed by atoms with Crippen LogP contribution < -0.4 is 11.1 Å². The number of nitrogen functional groups attached to an aromatic ring is 1. The fourth-order valence-electron chi connectivity index (χ4n) is 1.63. The van der Waals surface area contributed by atoms with Crippen molar-refractivity contribution in [3.8, 4) is 0 Å². The second kappa shape index (κ2) is 5.12. The Labute approximate surface area is 113 Å². The van der Waals surface area contributed by atoms with Gasteiger partial charge in [0, 0.05) is 12.3 Å². The minimum Gasteiger partial charge on any atom is -0.478 e. The summed E-state index contributed by atoms with van der Waals surface area (Å²) in [5, 5.41) is 11.4. The monoisotopic (exact) mass is 279 g/mol. The van der Waals surface area contributed by atoms with Crippen LogP contribution in [0.25, 0.3) is 0 Å². The highest BCUT2D eigenvalue weighted by atomic mass is 19.1. The molecule has 104 valence electrons. The SMILES string of the molecule is Cc1cc(F)c(Nc2nccc(C(=O)O)c2N)cc1F. The van der Waals surface area contributed by atoms with Crippen molar-refractivity contribution in [2.24, 2.45) is 0 Å². The van der Waals surface area contributed by atoms with Gasteiger partial charge >= 0.3 is 5.97 Å². The molecule has 0 aliphatic heterocycles. The van der Waals surface area contributed by atoms with Crippen LogP contribution in [0.5, 0.6) is 0 Å². The number of nitrogens with one attached hydrogen (secondary N) is 1. The van der Waals surface area contributed by atoms with Gasteiger partial charge in [-0.05, 0) is 24.6 Å². The topological polar surface area (TPSA) is 88.2 Å². The molecule has 0 aliphatic carbocycles. The number of carbonyl (C=O) groups is 1. The third-order valence-electron chi connectivity index (χ3n) is 2.72. The van der Waals surface area contributed by atoms with E-state index in [0.717, 1.165) is 12.1 Å². The zero-order valence-electron chi connectivity index (χ0n) is 10.4. The zero-order chi connectivity index (χ0) is 14.9. The van der Waals surface area contributed by atoms with Gasteiger partial charge < -0.3 is 16.2 Å². The third-order valence-corrected chi connectivity index (χ3v) is 2.72.